The van der Waals surface area contributed by atoms with Crippen LogP contribution in [0.3, 0.4) is 0 Å². The van der Waals surface area contributed by atoms with Gasteiger partial charge in [-0.05, 0) is 17.7 Å². The summed E-state index contributed by atoms with van der Waals surface area (Å²) in [6.45, 7) is 0.198. The third-order valence-electron chi connectivity index (χ3n) is 2.82. The Hall–Kier alpha value is -2.21. The highest BCUT2D eigenvalue weighted by atomic mass is 16.2. The van der Waals surface area contributed by atoms with Crippen LogP contribution < -0.4 is 11.3 Å². The Balaban J connectivity index is 2.17. The van der Waals surface area contributed by atoms with Crippen molar-refractivity contribution >= 4 is 17.7 Å². The molecule has 6 nitrogen and oxygen atoms in total. The zero-order chi connectivity index (χ0) is 13.1. The molecule has 0 atom stereocenters. The lowest BCUT2D eigenvalue weighted by molar-refractivity contribution is -0.139. The van der Waals surface area contributed by atoms with Crippen LogP contribution in [-0.4, -0.2) is 22.6 Å². The van der Waals surface area contributed by atoms with Crippen molar-refractivity contribution in [3.05, 3.63) is 35.4 Å². The number of hydrogen-bond donors (Lipinski definition) is 2. The van der Waals surface area contributed by atoms with Gasteiger partial charge in [0.15, 0.2) is 0 Å². The largest absolute Gasteiger partial charge is 0.290 e. The first-order valence-corrected chi connectivity index (χ1v) is 5.55. The fourth-order valence-electron chi connectivity index (χ4n) is 1.88. The number of hydrazine groups is 1. The Labute approximate surface area is 104 Å². The Bertz CT molecular complexity index is 497. The average Bonchev–Trinajstić information content (AvgIpc) is 2.70. The number of carbonyl (C=O) groups is 3. The molecule has 1 aliphatic heterocycles. The first-order chi connectivity index (χ1) is 8.61. The van der Waals surface area contributed by atoms with Crippen molar-refractivity contribution in [1.29, 1.82) is 0 Å². The van der Waals surface area contributed by atoms with E-state index in [9.17, 15) is 14.4 Å². The first-order valence-electron chi connectivity index (χ1n) is 5.55. The zero-order valence-electron chi connectivity index (χ0n) is 9.68. The smallest absolute Gasteiger partial charge is 0.265 e. The van der Waals surface area contributed by atoms with E-state index in [1.54, 1.807) is 24.3 Å². The van der Waals surface area contributed by atoms with Gasteiger partial charge in [0.05, 0.1) is 6.54 Å². The van der Waals surface area contributed by atoms with Gasteiger partial charge >= 0.3 is 0 Å². The number of carbonyl (C=O) groups excluding carboxylic acids is 3. The summed E-state index contributed by atoms with van der Waals surface area (Å²) in [6, 6.07) is 6.66. The zero-order valence-corrected chi connectivity index (χ0v) is 9.68. The third kappa shape index (κ3) is 2.38. The number of nitrogens with one attached hydrogen (secondary N) is 1. The molecule has 1 saturated heterocycles. The van der Waals surface area contributed by atoms with E-state index in [0.717, 1.165) is 5.56 Å². The van der Waals surface area contributed by atoms with Crippen molar-refractivity contribution in [2.75, 3.05) is 0 Å². The van der Waals surface area contributed by atoms with Crippen molar-refractivity contribution in [2.24, 2.45) is 5.84 Å². The predicted octanol–water partition coefficient (Wildman–Crippen LogP) is -0.0609. The van der Waals surface area contributed by atoms with Crippen molar-refractivity contribution < 1.29 is 14.4 Å². The third-order valence-corrected chi connectivity index (χ3v) is 2.82. The van der Waals surface area contributed by atoms with Crippen molar-refractivity contribution in [2.45, 2.75) is 19.4 Å². The molecule has 1 heterocycles. The summed E-state index contributed by atoms with van der Waals surface area (Å²) in [7, 11) is 0. The Kier molecular flexibility index (Phi) is 3.38. The van der Waals surface area contributed by atoms with E-state index in [4.69, 9.17) is 5.84 Å². The number of nitrogen functional groups attached to an aromatic ring is 1. The number of nitrogens with two attached hydrogens (primary N) is 1. The number of benzene rings is 1. The molecule has 0 bridgehead atoms. The lowest BCUT2D eigenvalue weighted by Gasteiger charge is -2.14. The van der Waals surface area contributed by atoms with Crippen LogP contribution in [0.5, 0.6) is 0 Å². The molecule has 1 aromatic carbocycles. The summed E-state index contributed by atoms with van der Waals surface area (Å²) in [6.07, 6.45) is 0.531. The lowest BCUT2D eigenvalue weighted by atomic mass is 10.1. The van der Waals surface area contributed by atoms with Crippen molar-refractivity contribution in [3.8, 4) is 0 Å². The van der Waals surface area contributed by atoms with Crippen LogP contribution in [0.2, 0.25) is 0 Å². The molecule has 0 aliphatic carbocycles. The van der Waals surface area contributed by atoms with Crippen LogP contribution in [0, 0.1) is 0 Å². The number of imide groups is 1. The molecule has 0 saturated carbocycles. The number of likely N-dealkylation sites (tertiary alicyclic amines) is 1. The van der Waals surface area contributed by atoms with Gasteiger partial charge in [0, 0.05) is 18.4 Å². The normalized spacial score (nSPS) is 15.1. The van der Waals surface area contributed by atoms with E-state index in [-0.39, 0.29) is 31.2 Å². The molecule has 1 aromatic rings. The minimum atomic E-state index is -0.407. The van der Waals surface area contributed by atoms with E-state index in [0.29, 0.717) is 5.56 Å². The summed E-state index contributed by atoms with van der Waals surface area (Å²) >= 11 is 0. The van der Waals surface area contributed by atoms with Crippen LogP contribution in [0.25, 0.3) is 0 Å². The maximum Gasteiger partial charge on any atom is 0.265 e. The van der Waals surface area contributed by atoms with E-state index in [2.05, 4.69) is 0 Å². The fourth-order valence-corrected chi connectivity index (χ4v) is 1.88. The monoisotopic (exact) mass is 247 g/mol. The molecule has 1 aliphatic rings. The van der Waals surface area contributed by atoms with Crippen molar-refractivity contribution in [3.63, 3.8) is 0 Å². The number of hydrogen-bond acceptors (Lipinski definition) is 4. The van der Waals surface area contributed by atoms with E-state index < -0.39 is 5.91 Å². The second kappa shape index (κ2) is 4.97. The molecule has 1 fully saturated rings. The highest BCUT2D eigenvalue weighted by Crippen LogP contribution is 2.16. The summed E-state index contributed by atoms with van der Waals surface area (Å²) in [5.41, 5.74) is 3.15. The molecule has 2 rings (SSSR count). The van der Waals surface area contributed by atoms with E-state index in [1.165, 1.54) is 4.90 Å². The maximum atomic E-state index is 11.5. The number of nitrogens with zero attached hydrogens (tertiary/aromatic N) is 1. The second-order valence-electron chi connectivity index (χ2n) is 4.05. The molecule has 0 spiro atoms. The SMILES string of the molecule is NNC(=O)c1cccc(CN2C(=O)CCC2=O)c1. The molecular formula is C12H13N3O3. The average molecular weight is 247 g/mol. The van der Waals surface area contributed by atoms with Crippen molar-refractivity contribution in [1.82, 2.24) is 10.3 Å². The Morgan fingerprint density at radius 1 is 1.28 bits per heavy atom. The molecule has 0 unspecified atom stereocenters. The highest BCUT2D eigenvalue weighted by molar-refractivity contribution is 6.01. The van der Waals surface area contributed by atoms with E-state index in [1.807, 2.05) is 5.43 Å². The van der Waals surface area contributed by atoms with Crippen LogP contribution in [0.1, 0.15) is 28.8 Å². The molecule has 3 amide bonds. The Morgan fingerprint density at radius 2 is 1.94 bits per heavy atom. The lowest BCUT2D eigenvalue weighted by Crippen LogP contribution is -2.30. The van der Waals surface area contributed by atoms with Gasteiger partial charge in [-0.15, -0.1) is 0 Å². The van der Waals surface area contributed by atoms with Gasteiger partial charge in [-0.3, -0.25) is 24.7 Å². The number of rotatable bonds is 3. The molecule has 94 valence electrons. The standard InChI is InChI=1S/C12H13N3O3/c13-14-12(18)9-3-1-2-8(6-9)7-15-10(16)4-5-11(15)17/h1-3,6H,4-5,7,13H2,(H,14,18). The van der Waals surface area contributed by atoms with Gasteiger partial charge in [-0.1, -0.05) is 12.1 Å². The molecule has 18 heavy (non-hydrogen) atoms. The summed E-state index contributed by atoms with van der Waals surface area (Å²) in [4.78, 5) is 35.5. The topological polar surface area (TPSA) is 92.5 Å². The van der Waals surface area contributed by atoms with Gasteiger partial charge in [0.1, 0.15) is 0 Å². The minimum Gasteiger partial charge on any atom is -0.290 e. The van der Waals surface area contributed by atoms with E-state index >= 15 is 0 Å². The van der Waals surface area contributed by atoms with Crippen LogP contribution in [0.15, 0.2) is 24.3 Å². The molecule has 3 N–H and O–H groups in total. The van der Waals surface area contributed by atoms with Gasteiger partial charge in [-0.2, -0.15) is 0 Å². The minimum absolute atomic E-state index is 0.173. The molecule has 6 heteroatoms. The summed E-state index contributed by atoms with van der Waals surface area (Å²) in [5, 5.41) is 0. The quantitative estimate of drug-likeness (QED) is 0.339. The van der Waals surface area contributed by atoms with Crippen LogP contribution in [0.4, 0.5) is 0 Å². The second-order valence-corrected chi connectivity index (χ2v) is 4.05. The van der Waals surface area contributed by atoms with Gasteiger partial charge in [0.25, 0.3) is 5.91 Å². The Morgan fingerprint density at radius 3 is 2.56 bits per heavy atom. The predicted molar refractivity (Wildman–Crippen MR) is 62.9 cm³/mol. The summed E-state index contributed by atoms with van der Waals surface area (Å²) in [5.74, 6) is 4.29. The van der Waals surface area contributed by atoms with Gasteiger partial charge in [0.2, 0.25) is 11.8 Å². The molecule has 0 aromatic heterocycles. The fraction of sp³-hybridized carbons (Fsp3) is 0.250. The number of amides is 3. The van der Waals surface area contributed by atoms with Gasteiger partial charge < -0.3 is 0 Å². The molecule has 0 radical (unpaired) electrons. The molecular weight excluding hydrogens is 234 g/mol. The van der Waals surface area contributed by atoms with Crippen LogP contribution in [-0.2, 0) is 16.1 Å². The van der Waals surface area contributed by atoms with Gasteiger partial charge in [-0.25, -0.2) is 5.84 Å². The maximum absolute atomic E-state index is 11.5. The highest BCUT2D eigenvalue weighted by Gasteiger charge is 2.28. The first kappa shape index (κ1) is 12.3. The summed E-state index contributed by atoms with van der Waals surface area (Å²) < 4.78 is 0. The van der Waals surface area contributed by atoms with Crippen LogP contribution >= 0.6 is 0 Å².